The van der Waals surface area contributed by atoms with E-state index in [1.807, 2.05) is 0 Å². The van der Waals surface area contributed by atoms with Crippen LogP contribution in [0, 0.1) is 5.92 Å². The van der Waals surface area contributed by atoms with E-state index in [2.05, 4.69) is 6.58 Å². The molecule has 108 valence electrons. The van der Waals surface area contributed by atoms with Gasteiger partial charge in [0.1, 0.15) is 0 Å². The molecule has 19 heavy (non-hydrogen) atoms. The largest absolute Gasteiger partial charge is 0.462 e. The number of hydrogen-bond donors (Lipinski definition) is 0. The fraction of sp³-hybridized carbons (Fsp3) is 0.733. The quantitative estimate of drug-likeness (QED) is 0.568. The summed E-state index contributed by atoms with van der Waals surface area (Å²) in [6.45, 7) is 8.54. The van der Waals surface area contributed by atoms with Crippen LogP contribution < -0.4 is 0 Å². The molecule has 1 aliphatic carbocycles. The van der Waals surface area contributed by atoms with Crippen LogP contribution in [-0.4, -0.2) is 24.1 Å². The third kappa shape index (κ3) is 5.05. The molecule has 0 heterocycles. The Hall–Kier alpha value is -1.32. The Morgan fingerprint density at radius 3 is 2.32 bits per heavy atom. The lowest BCUT2D eigenvalue weighted by atomic mass is 9.90. The van der Waals surface area contributed by atoms with Crippen molar-refractivity contribution < 1.29 is 19.1 Å². The van der Waals surface area contributed by atoms with Crippen molar-refractivity contribution in [2.75, 3.05) is 6.61 Å². The van der Waals surface area contributed by atoms with Crippen molar-refractivity contribution in [3.05, 3.63) is 12.2 Å². The van der Waals surface area contributed by atoms with Crippen LogP contribution in [0.1, 0.15) is 52.9 Å². The van der Waals surface area contributed by atoms with Crippen LogP contribution in [0.2, 0.25) is 0 Å². The minimum Gasteiger partial charge on any atom is -0.462 e. The van der Waals surface area contributed by atoms with E-state index in [4.69, 9.17) is 9.47 Å². The van der Waals surface area contributed by atoms with Crippen LogP contribution in [0.25, 0.3) is 0 Å². The monoisotopic (exact) mass is 268 g/mol. The molecule has 0 spiro atoms. The fourth-order valence-corrected chi connectivity index (χ4v) is 2.08. The van der Waals surface area contributed by atoms with Crippen molar-refractivity contribution in [2.24, 2.45) is 5.92 Å². The van der Waals surface area contributed by atoms with Gasteiger partial charge >= 0.3 is 11.9 Å². The molecule has 0 aromatic heterocycles. The van der Waals surface area contributed by atoms with Crippen LogP contribution in [0.5, 0.6) is 0 Å². The fourth-order valence-electron chi connectivity index (χ4n) is 2.08. The van der Waals surface area contributed by atoms with Gasteiger partial charge < -0.3 is 9.47 Å². The minimum atomic E-state index is -1.26. The maximum Gasteiger partial charge on any atom is 0.350 e. The molecule has 1 aliphatic rings. The topological polar surface area (TPSA) is 52.6 Å². The molecule has 0 aromatic carbocycles. The second-order valence-corrected chi connectivity index (χ2v) is 5.78. The standard InChI is InChI=1S/C15H24O4/c1-11(2)13(16)19-15(3,4)14(17)18-10-12-8-6-5-7-9-12/h12H,1,5-10H2,2-4H3. The van der Waals surface area contributed by atoms with Gasteiger partial charge in [-0.15, -0.1) is 0 Å². The number of rotatable bonds is 5. The van der Waals surface area contributed by atoms with Crippen molar-refractivity contribution in [2.45, 2.75) is 58.5 Å². The second kappa shape index (κ2) is 6.73. The zero-order valence-corrected chi connectivity index (χ0v) is 12.2. The van der Waals surface area contributed by atoms with Gasteiger partial charge in [0, 0.05) is 5.57 Å². The Morgan fingerprint density at radius 2 is 1.79 bits per heavy atom. The molecule has 0 bridgehead atoms. The predicted molar refractivity (Wildman–Crippen MR) is 72.5 cm³/mol. The SMILES string of the molecule is C=C(C)C(=O)OC(C)(C)C(=O)OCC1CCCCC1. The molecule has 0 atom stereocenters. The Morgan fingerprint density at radius 1 is 1.21 bits per heavy atom. The Kier molecular flexibility index (Phi) is 5.58. The van der Waals surface area contributed by atoms with Crippen LogP contribution in [0.4, 0.5) is 0 Å². The Labute approximate surface area is 115 Å². The molecular formula is C15H24O4. The summed E-state index contributed by atoms with van der Waals surface area (Å²) in [6, 6.07) is 0. The molecular weight excluding hydrogens is 244 g/mol. The average molecular weight is 268 g/mol. The Bertz CT molecular complexity index is 351. The number of esters is 2. The van der Waals surface area contributed by atoms with Crippen molar-refractivity contribution in [1.29, 1.82) is 0 Å². The summed E-state index contributed by atoms with van der Waals surface area (Å²) in [6.07, 6.45) is 5.90. The molecule has 0 radical (unpaired) electrons. The average Bonchev–Trinajstić information content (AvgIpc) is 2.36. The molecule has 0 aliphatic heterocycles. The highest BCUT2D eigenvalue weighted by Crippen LogP contribution is 2.24. The van der Waals surface area contributed by atoms with Crippen molar-refractivity contribution in [1.82, 2.24) is 0 Å². The summed E-state index contributed by atoms with van der Waals surface area (Å²) in [5.74, 6) is -0.613. The Balaban J connectivity index is 2.41. The number of hydrogen-bond acceptors (Lipinski definition) is 4. The lowest BCUT2D eigenvalue weighted by Crippen LogP contribution is -2.39. The van der Waals surface area contributed by atoms with Gasteiger partial charge in [-0.1, -0.05) is 25.8 Å². The molecule has 0 unspecified atom stereocenters. The van der Waals surface area contributed by atoms with Gasteiger partial charge in [-0.25, -0.2) is 9.59 Å². The van der Waals surface area contributed by atoms with Gasteiger partial charge in [0.2, 0.25) is 5.60 Å². The van der Waals surface area contributed by atoms with Gasteiger partial charge in [0.05, 0.1) is 6.61 Å². The first-order valence-electron chi connectivity index (χ1n) is 6.89. The van der Waals surface area contributed by atoms with E-state index in [0.29, 0.717) is 12.5 Å². The molecule has 4 heteroatoms. The maximum absolute atomic E-state index is 11.9. The van der Waals surface area contributed by atoms with E-state index < -0.39 is 17.5 Å². The van der Waals surface area contributed by atoms with Crippen LogP contribution >= 0.6 is 0 Å². The zero-order chi connectivity index (χ0) is 14.5. The van der Waals surface area contributed by atoms with Gasteiger partial charge in [-0.05, 0) is 39.5 Å². The molecule has 0 N–H and O–H groups in total. The smallest absolute Gasteiger partial charge is 0.350 e. The van der Waals surface area contributed by atoms with Crippen LogP contribution in [0.3, 0.4) is 0 Å². The van der Waals surface area contributed by atoms with Crippen molar-refractivity contribution >= 4 is 11.9 Å². The van der Waals surface area contributed by atoms with Gasteiger partial charge in [0.15, 0.2) is 0 Å². The van der Waals surface area contributed by atoms with E-state index >= 15 is 0 Å². The minimum absolute atomic E-state index is 0.271. The first kappa shape index (κ1) is 15.7. The third-order valence-corrected chi connectivity index (χ3v) is 3.36. The van der Waals surface area contributed by atoms with E-state index in [1.165, 1.54) is 33.1 Å². The molecule has 1 fully saturated rings. The highest BCUT2D eigenvalue weighted by Gasteiger charge is 2.34. The normalized spacial score (nSPS) is 16.8. The molecule has 0 saturated heterocycles. The van der Waals surface area contributed by atoms with Gasteiger partial charge in [0.25, 0.3) is 0 Å². The summed E-state index contributed by atoms with van der Waals surface area (Å²) in [4.78, 5) is 23.4. The van der Waals surface area contributed by atoms with Gasteiger partial charge in [-0.2, -0.15) is 0 Å². The van der Waals surface area contributed by atoms with E-state index in [9.17, 15) is 9.59 Å². The van der Waals surface area contributed by atoms with Crippen LogP contribution in [-0.2, 0) is 19.1 Å². The molecule has 1 rings (SSSR count). The maximum atomic E-state index is 11.9. The first-order valence-corrected chi connectivity index (χ1v) is 6.89. The molecule has 1 saturated carbocycles. The third-order valence-electron chi connectivity index (χ3n) is 3.36. The van der Waals surface area contributed by atoms with Crippen molar-refractivity contribution in [3.63, 3.8) is 0 Å². The summed E-state index contributed by atoms with van der Waals surface area (Å²) >= 11 is 0. The predicted octanol–water partition coefficient (Wildman–Crippen LogP) is 3.01. The second-order valence-electron chi connectivity index (χ2n) is 5.78. The van der Waals surface area contributed by atoms with E-state index in [-0.39, 0.29) is 5.57 Å². The summed E-state index contributed by atoms with van der Waals surface area (Å²) in [5, 5.41) is 0. The molecule has 0 amide bonds. The first-order chi connectivity index (χ1) is 8.83. The summed E-state index contributed by atoms with van der Waals surface area (Å²) < 4.78 is 10.4. The van der Waals surface area contributed by atoms with Crippen LogP contribution in [0.15, 0.2) is 12.2 Å². The lowest BCUT2D eigenvalue weighted by Gasteiger charge is -2.26. The zero-order valence-electron chi connectivity index (χ0n) is 12.2. The lowest BCUT2D eigenvalue weighted by molar-refractivity contribution is -0.177. The van der Waals surface area contributed by atoms with E-state index in [0.717, 1.165) is 12.8 Å². The molecule has 4 nitrogen and oxygen atoms in total. The number of carbonyl (C=O) groups is 2. The molecule has 0 aromatic rings. The summed E-state index contributed by atoms with van der Waals surface area (Å²) in [7, 11) is 0. The van der Waals surface area contributed by atoms with E-state index in [1.54, 1.807) is 6.92 Å². The van der Waals surface area contributed by atoms with Crippen molar-refractivity contribution in [3.8, 4) is 0 Å². The number of ether oxygens (including phenoxy) is 2. The highest BCUT2D eigenvalue weighted by atomic mass is 16.6. The highest BCUT2D eigenvalue weighted by molar-refractivity contribution is 5.90. The number of carbonyl (C=O) groups excluding carboxylic acids is 2. The summed E-state index contributed by atoms with van der Waals surface area (Å²) in [5.41, 5.74) is -0.988. The van der Waals surface area contributed by atoms with Gasteiger partial charge in [-0.3, -0.25) is 0 Å².